The van der Waals surface area contributed by atoms with Gasteiger partial charge in [-0.05, 0) is 6.92 Å². The van der Waals surface area contributed by atoms with Crippen LogP contribution >= 0.6 is 0 Å². The van der Waals surface area contributed by atoms with E-state index in [2.05, 4.69) is 5.32 Å². The first-order valence-corrected chi connectivity index (χ1v) is 3.33. The summed E-state index contributed by atoms with van der Waals surface area (Å²) < 4.78 is 5.12. The highest BCUT2D eigenvalue weighted by Gasteiger charge is 2.36. The third-order valence-electron chi connectivity index (χ3n) is 1.72. The van der Waals surface area contributed by atoms with Crippen molar-refractivity contribution in [2.24, 2.45) is 0 Å². The molecule has 10 heavy (non-hydrogen) atoms. The normalized spacial score (nSPS) is 30.9. The minimum absolute atomic E-state index is 0.0701. The lowest BCUT2D eigenvalue weighted by Crippen LogP contribution is -2.50. The first-order chi connectivity index (χ1) is 4.72. The predicted molar refractivity (Wildman–Crippen MR) is 35.5 cm³/mol. The molecule has 1 aliphatic heterocycles. The number of rotatable bonds is 2. The molecule has 4 nitrogen and oxygen atoms in total. The summed E-state index contributed by atoms with van der Waals surface area (Å²) in [5, 5.41) is 20.6. The van der Waals surface area contributed by atoms with Crippen LogP contribution < -0.4 is 5.32 Å². The first-order valence-electron chi connectivity index (χ1n) is 3.33. The number of hydrogen-bond acceptors (Lipinski definition) is 4. The monoisotopic (exact) mass is 147 g/mol. The number of nitrogens with one attached hydrogen (secondary N) is 1. The van der Waals surface area contributed by atoms with Gasteiger partial charge in [0.05, 0.1) is 25.4 Å². The second-order valence-corrected chi connectivity index (χ2v) is 2.69. The summed E-state index contributed by atoms with van der Waals surface area (Å²) in [7, 11) is 0. The molecule has 0 amide bonds. The maximum Gasteiger partial charge on any atom is 0.106 e. The lowest BCUT2D eigenvalue weighted by molar-refractivity contribution is 0.0805. The molecule has 4 heteroatoms. The quantitative estimate of drug-likeness (QED) is 0.453. The summed E-state index contributed by atoms with van der Waals surface area (Å²) in [4.78, 5) is 0. The highest BCUT2D eigenvalue weighted by molar-refractivity contribution is 4.91. The fraction of sp³-hybridized carbons (Fsp3) is 1.00. The zero-order valence-corrected chi connectivity index (χ0v) is 6.00. The van der Waals surface area contributed by atoms with Crippen molar-refractivity contribution in [3.05, 3.63) is 0 Å². The van der Waals surface area contributed by atoms with Crippen LogP contribution in [0.2, 0.25) is 0 Å². The number of hydrogen-bond donors (Lipinski definition) is 3. The molecule has 1 aliphatic rings. The van der Waals surface area contributed by atoms with Crippen LogP contribution in [0.4, 0.5) is 0 Å². The van der Waals surface area contributed by atoms with E-state index in [1.165, 1.54) is 0 Å². The average molecular weight is 147 g/mol. The molecule has 0 aromatic rings. The Labute approximate surface area is 59.8 Å². The van der Waals surface area contributed by atoms with E-state index in [0.717, 1.165) is 0 Å². The fourth-order valence-electron chi connectivity index (χ4n) is 1.03. The Kier molecular flexibility index (Phi) is 2.25. The largest absolute Gasteiger partial charge is 0.394 e. The molecule has 0 spiro atoms. The SMILES string of the molecule is CC1NC(CO)(CO)CO1. The van der Waals surface area contributed by atoms with E-state index in [9.17, 15) is 0 Å². The summed E-state index contributed by atoms with van der Waals surface area (Å²) in [6.45, 7) is 2.04. The maximum atomic E-state index is 8.83. The molecule has 1 atom stereocenters. The van der Waals surface area contributed by atoms with Crippen LogP contribution in [-0.2, 0) is 4.74 Å². The smallest absolute Gasteiger partial charge is 0.106 e. The van der Waals surface area contributed by atoms with Crippen LogP contribution in [0.3, 0.4) is 0 Å². The van der Waals surface area contributed by atoms with E-state index in [4.69, 9.17) is 14.9 Å². The van der Waals surface area contributed by atoms with Crippen molar-refractivity contribution >= 4 is 0 Å². The molecule has 3 N–H and O–H groups in total. The molecule has 0 aromatic heterocycles. The van der Waals surface area contributed by atoms with Gasteiger partial charge in [0.1, 0.15) is 6.23 Å². The molecule has 0 saturated carbocycles. The summed E-state index contributed by atoms with van der Waals surface area (Å²) in [6.07, 6.45) is -0.0701. The van der Waals surface area contributed by atoms with Crippen molar-refractivity contribution in [1.82, 2.24) is 5.32 Å². The van der Waals surface area contributed by atoms with Gasteiger partial charge < -0.3 is 14.9 Å². The molecule has 1 heterocycles. The fourth-order valence-corrected chi connectivity index (χ4v) is 1.03. The topological polar surface area (TPSA) is 61.7 Å². The van der Waals surface area contributed by atoms with Crippen LogP contribution in [0, 0.1) is 0 Å². The summed E-state index contributed by atoms with van der Waals surface area (Å²) in [5.74, 6) is 0. The third kappa shape index (κ3) is 1.29. The Morgan fingerprint density at radius 1 is 1.60 bits per heavy atom. The van der Waals surface area contributed by atoms with E-state index in [1.807, 2.05) is 6.92 Å². The average Bonchev–Trinajstić information content (AvgIpc) is 2.33. The molecule has 0 aliphatic carbocycles. The zero-order chi connectivity index (χ0) is 7.61. The molecule has 1 unspecified atom stereocenters. The Morgan fingerprint density at radius 3 is 2.40 bits per heavy atom. The van der Waals surface area contributed by atoms with Gasteiger partial charge in [0.2, 0.25) is 0 Å². The van der Waals surface area contributed by atoms with E-state index in [0.29, 0.717) is 6.61 Å². The molecule has 0 radical (unpaired) electrons. The van der Waals surface area contributed by atoms with Gasteiger partial charge in [-0.3, -0.25) is 5.32 Å². The molecule has 0 aromatic carbocycles. The zero-order valence-electron chi connectivity index (χ0n) is 6.00. The summed E-state index contributed by atoms with van der Waals surface area (Å²) in [6, 6.07) is 0. The Balaban J connectivity index is 2.51. The van der Waals surface area contributed by atoms with Crippen molar-refractivity contribution < 1.29 is 14.9 Å². The van der Waals surface area contributed by atoms with Gasteiger partial charge in [-0.2, -0.15) is 0 Å². The van der Waals surface area contributed by atoms with Crippen LogP contribution in [-0.4, -0.2) is 41.8 Å². The number of aliphatic hydroxyl groups excluding tert-OH is 2. The molecule has 60 valence electrons. The minimum atomic E-state index is -0.612. The molecular weight excluding hydrogens is 134 g/mol. The Bertz CT molecular complexity index is 114. The lowest BCUT2D eigenvalue weighted by atomic mass is 10.1. The standard InChI is InChI=1S/C6H13NO3/c1-5-7-6(2-8,3-9)4-10-5/h5,7-9H,2-4H2,1H3. The van der Waals surface area contributed by atoms with Crippen molar-refractivity contribution in [2.75, 3.05) is 19.8 Å². The highest BCUT2D eigenvalue weighted by atomic mass is 16.5. The van der Waals surface area contributed by atoms with Crippen molar-refractivity contribution in [3.8, 4) is 0 Å². The number of aliphatic hydroxyl groups is 2. The summed E-state index contributed by atoms with van der Waals surface area (Å²) in [5.41, 5.74) is -0.612. The highest BCUT2D eigenvalue weighted by Crippen LogP contribution is 2.13. The first kappa shape index (κ1) is 7.94. The van der Waals surface area contributed by atoms with Crippen LogP contribution in [0.25, 0.3) is 0 Å². The van der Waals surface area contributed by atoms with Gasteiger partial charge >= 0.3 is 0 Å². The molecule has 1 saturated heterocycles. The Hall–Kier alpha value is -0.160. The van der Waals surface area contributed by atoms with E-state index in [1.54, 1.807) is 0 Å². The van der Waals surface area contributed by atoms with Crippen molar-refractivity contribution in [1.29, 1.82) is 0 Å². The predicted octanol–water partition coefficient (Wildman–Crippen LogP) is -1.32. The second kappa shape index (κ2) is 2.84. The maximum absolute atomic E-state index is 8.83. The Morgan fingerprint density at radius 2 is 2.20 bits per heavy atom. The molecule has 0 bridgehead atoms. The van der Waals surface area contributed by atoms with E-state index < -0.39 is 5.54 Å². The van der Waals surface area contributed by atoms with Gasteiger partial charge in [-0.1, -0.05) is 0 Å². The lowest BCUT2D eigenvalue weighted by Gasteiger charge is -2.22. The van der Waals surface area contributed by atoms with E-state index in [-0.39, 0.29) is 19.4 Å². The van der Waals surface area contributed by atoms with Crippen molar-refractivity contribution in [3.63, 3.8) is 0 Å². The molecular formula is C6H13NO3. The number of ether oxygens (including phenoxy) is 1. The van der Waals surface area contributed by atoms with E-state index >= 15 is 0 Å². The van der Waals surface area contributed by atoms with Crippen molar-refractivity contribution in [2.45, 2.75) is 18.7 Å². The molecule has 1 rings (SSSR count). The minimum Gasteiger partial charge on any atom is -0.394 e. The van der Waals surface area contributed by atoms with Gasteiger partial charge in [-0.25, -0.2) is 0 Å². The third-order valence-corrected chi connectivity index (χ3v) is 1.72. The van der Waals surface area contributed by atoms with Crippen LogP contribution in [0.1, 0.15) is 6.92 Å². The van der Waals surface area contributed by atoms with Gasteiger partial charge in [0.25, 0.3) is 0 Å². The second-order valence-electron chi connectivity index (χ2n) is 2.69. The van der Waals surface area contributed by atoms with Gasteiger partial charge in [-0.15, -0.1) is 0 Å². The van der Waals surface area contributed by atoms with Crippen LogP contribution in [0.5, 0.6) is 0 Å². The summed E-state index contributed by atoms with van der Waals surface area (Å²) >= 11 is 0. The molecule has 1 fully saturated rings. The van der Waals surface area contributed by atoms with Gasteiger partial charge in [0.15, 0.2) is 0 Å². The van der Waals surface area contributed by atoms with Gasteiger partial charge in [0, 0.05) is 0 Å². The van der Waals surface area contributed by atoms with Crippen LogP contribution in [0.15, 0.2) is 0 Å².